The Labute approximate surface area is 284 Å². The Bertz CT molecular complexity index is 1870. The molecule has 5 heterocycles. The van der Waals surface area contributed by atoms with Crippen LogP contribution in [0.3, 0.4) is 0 Å². The van der Waals surface area contributed by atoms with E-state index in [1.165, 1.54) is 10.4 Å². The predicted molar refractivity (Wildman–Crippen MR) is 181 cm³/mol. The lowest BCUT2D eigenvalue weighted by Gasteiger charge is -2.49. The van der Waals surface area contributed by atoms with E-state index < -0.39 is 35.1 Å². The summed E-state index contributed by atoms with van der Waals surface area (Å²) in [6.07, 6.45) is -0.474. The van der Waals surface area contributed by atoms with Crippen molar-refractivity contribution in [3.8, 4) is 16.8 Å². The number of amides is 1. The van der Waals surface area contributed by atoms with Gasteiger partial charge in [0, 0.05) is 58.2 Å². The minimum Gasteiger partial charge on any atom is -0.365 e. The number of aryl methyl sites for hydroxylation is 1. The van der Waals surface area contributed by atoms with Crippen molar-refractivity contribution in [2.45, 2.75) is 94.2 Å². The second-order valence-electron chi connectivity index (χ2n) is 14.6. The SMILES string of the molecule is CC(C)C(=O)N1CCC2CC(C1)N2c1cc(S(=O)(=O)N(COCC[Si](C)(C)C)C2(C#N)CC2)cc2c(-c3nnc(C(F)F)s3)nn(C)c12. The number of alkyl halides is 2. The molecule has 12 nitrogen and oxygen atoms in total. The molecule has 1 saturated carbocycles. The highest BCUT2D eigenvalue weighted by molar-refractivity contribution is 7.89. The molecule has 260 valence electrons. The highest BCUT2D eigenvalue weighted by Gasteiger charge is 2.55. The number of fused-ring (bicyclic) bond motifs is 4. The van der Waals surface area contributed by atoms with Gasteiger partial charge >= 0.3 is 0 Å². The molecule has 1 aromatic carbocycles. The maximum atomic E-state index is 14.7. The molecule has 3 aliphatic heterocycles. The van der Waals surface area contributed by atoms with Gasteiger partial charge in [0.2, 0.25) is 15.9 Å². The van der Waals surface area contributed by atoms with E-state index in [1.807, 2.05) is 18.7 Å². The van der Waals surface area contributed by atoms with Gasteiger partial charge < -0.3 is 14.5 Å². The number of carbonyl (C=O) groups is 1. The van der Waals surface area contributed by atoms with E-state index in [1.54, 1.807) is 17.8 Å². The van der Waals surface area contributed by atoms with Crippen LogP contribution in [0.15, 0.2) is 17.0 Å². The summed E-state index contributed by atoms with van der Waals surface area (Å²) in [5.74, 6) is -0.0682. The molecule has 0 spiro atoms. The smallest absolute Gasteiger partial charge is 0.291 e. The first-order valence-corrected chi connectivity index (χ1v) is 22.2. The third-order valence-corrected chi connectivity index (χ3v) is 14.0. The summed E-state index contributed by atoms with van der Waals surface area (Å²) in [4.78, 5) is 17.0. The lowest BCUT2D eigenvalue weighted by Crippen LogP contribution is -2.58. The standard InChI is InChI=1S/C31H42F2N8O4S2Si/c1-19(2)30(42)39-10-7-20-13-21(16-39)41(20)24-15-22(14-23-25(37-38(3)26(23)24)28-35-36-29(46-28)27(32)33)47(43,44)40(31(17-34)8-9-31)18-45-11-12-48(4,5)6/h14-15,19-21,27H,7-13,16,18H2,1-6H3. The van der Waals surface area contributed by atoms with Crippen LogP contribution in [0.4, 0.5) is 14.5 Å². The van der Waals surface area contributed by atoms with Crippen molar-refractivity contribution < 1.29 is 26.7 Å². The van der Waals surface area contributed by atoms with Crippen molar-refractivity contribution in [1.82, 2.24) is 29.2 Å². The monoisotopic (exact) mass is 720 g/mol. The zero-order chi connectivity index (χ0) is 34.8. The first kappa shape index (κ1) is 34.8. The van der Waals surface area contributed by atoms with Crippen LogP contribution in [0, 0.1) is 17.2 Å². The van der Waals surface area contributed by atoms with Crippen LogP contribution >= 0.6 is 11.3 Å². The summed E-state index contributed by atoms with van der Waals surface area (Å²) in [5.41, 5.74) is 0.274. The third kappa shape index (κ3) is 6.37. The fourth-order valence-electron chi connectivity index (χ4n) is 6.63. The molecule has 2 unspecified atom stereocenters. The molecule has 1 amide bonds. The van der Waals surface area contributed by atoms with Crippen LogP contribution < -0.4 is 4.90 Å². The summed E-state index contributed by atoms with van der Waals surface area (Å²) in [5, 5.41) is 22.5. The molecular formula is C31H42F2N8O4S2Si. The average molecular weight is 721 g/mol. The Morgan fingerprint density at radius 1 is 1.23 bits per heavy atom. The summed E-state index contributed by atoms with van der Waals surface area (Å²) in [6.45, 7) is 11.6. The molecule has 7 rings (SSSR count). The van der Waals surface area contributed by atoms with Crippen LogP contribution in [0.25, 0.3) is 21.6 Å². The molecule has 17 heteroatoms. The highest BCUT2D eigenvalue weighted by atomic mass is 32.2. The number of benzene rings is 1. The molecule has 2 atom stereocenters. The summed E-state index contributed by atoms with van der Waals surface area (Å²) < 4.78 is 65.1. The zero-order valence-corrected chi connectivity index (χ0v) is 30.7. The molecular weight excluding hydrogens is 679 g/mol. The van der Waals surface area contributed by atoms with E-state index >= 15 is 0 Å². The Hall–Kier alpha value is -3.04. The van der Waals surface area contributed by atoms with Gasteiger partial charge in [-0.15, -0.1) is 10.2 Å². The Balaban J connectivity index is 1.47. The third-order valence-electron chi connectivity index (χ3n) is 9.50. The quantitative estimate of drug-likeness (QED) is 0.140. The van der Waals surface area contributed by atoms with Crippen LogP contribution in [-0.2, 0) is 26.6 Å². The van der Waals surface area contributed by atoms with Crippen LogP contribution in [0.5, 0.6) is 0 Å². The summed E-state index contributed by atoms with van der Waals surface area (Å²) >= 11 is 0.710. The highest BCUT2D eigenvalue weighted by Crippen LogP contribution is 2.47. The van der Waals surface area contributed by atoms with Gasteiger partial charge in [-0.25, -0.2) is 17.2 Å². The fraction of sp³-hybridized carbons (Fsp3) is 0.645. The van der Waals surface area contributed by atoms with Crippen molar-refractivity contribution in [3.05, 3.63) is 17.1 Å². The molecule has 4 fully saturated rings. The minimum atomic E-state index is -4.31. The van der Waals surface area contributed by atoms with Crippen LogP contribution in [0.1, 0.15) is 51.0 Å². The zero-order valence-electron chi connectivity index (χ0n) is 28.1. The van der Waals surface area contributed by atoms with Crippen molar-refractivity contribution in [3.63, 3.8) is 0 Å². The van der Waals surface area contributed by atoms with Gasteiger partial charge in [-0.05, 0) is 43.9 Å². The minimum absolute atomic E-state index is 0.0491. The first-order valence-electron chi connectivity index (χ1n) is 16.3. The van der Waals surface area contributed by atoms with Crippen molar-refractivity contribution in [2.24, 2.45) is 13.0 Å². The molecule has 48 heavy (non-hydrogen) atoms. The number of hydrogen-bond acceptors (Lipinski definition) is 10. The number of sulfonamides is 1. The summed E-state index contributed by atoms with van der Waals surface area (Å²) in [7, 11) is -4.04. The van der Waals surface area contributed by atoms with E-state index in [4.69, 9.17) is 4.74 Å². The Morgan fingerprint density at radius 2 is 1.96 bits per heavy atom. The summed E-state index contributed by atoms with van der Waals surface area (Å²) in [6, 6.07) is 6.20. The second-order valence-corrected chi connectivity index (χ2v) is 23.1. The largest absolute Gasteiger partial charge is 0.365 e. The maximum absolute atomic E-state index is 14.7. The molecule has 3 saturated heterocycles. The molecule has 0 radical (unpaired) electrons. The van der Waals surface area contributed by atoms with Crippen molar-refractivity contribution in [2.75, 3.05) is 31.3 Å². The van der Waals surface area contributed by atoms with E-state index in [-0.39, 0.29) is 46.2 Å². The number of rotatable bonds is 12. The van der Waals surface area contributed by atoms with Gasteiger partial charge in [0.15, 0.2) is 10.0 Å². The molecule has 1 aliphatic carbocycles. The number of halogens is 2. The van der Waals surface area contributed by atoms with Gasteiger partial charge in [-0.1, -0.05) is 44.8 Å². The molecule has 2 bridgehead atoms. The fourth-order valence-corrected chi connectivity index (χ4v) is 9.76. The number of anilines is 1. The number of hydrogen-bond donors (Lipinski definition) is 0. The van der Waals surface area contributed by atoms with Gasteiger partial charge in [-0.2, -0.15) is 14.7 Å². The number of ether oxygens (including phenoxy) is 1. The number of nitrogens with zero attached hydrogens (tertiary/aromatic N) is 8. The molecule has 3 aromatic rings. The molecule has 0 N–H and O–H groups in total. The lowest BCUT2D eigenvalue weighted by atomic mass is 9.90. The molecule has 2 aromatic heterocycles. The Kier molecular flexibility index (Phi) is 9.20. The first-order chi connectivity index (χ1) is 22.6. The lowest BCUT2D eigenvalue weighted by molar-refractivity contribution is -0.134. The predicted octanol–water partition coefficient (Wildman–Crippen LogP) is 5.22. The van der Waals surface area contributed by atoms with Gasteiger partial charge in [-0.3, -0.25) is 9.48 Å². The topological polar surface area (TPSA) is 138 Å². The van der Waals surface area contributed by atoms with Gasteiger partial charge in [0.1, 0.15) is 18.0 Å². The maximum Gasteiger partial charge on any atom is 0.291 e. The number of nitriles is 1. The number of aromatic nitrogens is 4. The van der Waals surface area contributed by atoms with E-state index in [0.29, 0.717) is 66.9 Å². The van der Waals surface area contributed by atoms with Crippen LogP contribution in [-0.4, -0.2) is 95.6 Å². The van der Waals surface area contributed by atoms with E-state index in [2.05, 4.69) is 45.9 Å². The van der Waals surface area contributed by atoms with E-state index in [0.717, 1.165) is 12.5 Å². The second kappa shape index (κ2) is 12.7. The van der Waals surface area contributed by atoms with Crippen LogP contribution in [0.2, 0.25) is 25.7 Å². The molecule has 4 aliphatic rings. The van der Waals surface area contributed by atoms with E-state index in [9.17, 15) is 27.3 Å². The normalized spacial score (nSPS) is 20.8. The Morgan fingerprint density at radius 3 is 2.56 bits per heavy atom. The average Bonchev–Trinajstić information content (AvgIpc) is 3.63. The van der Waals surface area contributed by atoms with Gasteiger partial charge in [0.25, 0.3) is 6.43 Å². The van der Waals surface area contributed by atoms with Crippen molar-refractivity contribution >= 4 is 51.9 Å². The van der Waals surface area contributed by atoms with Crippen molar-refractivity contribution in [1.29, 1.82) is 5.26 Å². The van der Waals surface area contributed by atoms with Gasteiger partial charge in [0.05, 0.1) is 22.2 Å². The number of carbonyl (C=O) groups excluding carboxylic acids is 1.